The predicted octanol–water partition coefficient (Wildman–Crippen LogP) is 5.48. The molecule has 6 aromatic rings. The van der Waals surface area contributed by atoms with Crippen molar-refractivity contribution in [1.29, 1.82) is 0 Å². The van der Waals surface area contributed by atoms with Crippen LogP contribution in [0.3, 0.4) is 0 Å². The van der Waals surface area contributed by atoms with Gasteiger partial charge in [-0.1, -0.05) is 24.3 Å². The Labute approximate surface area is 214 Å². The molecular formula is C29H27N7O. The summed E-state index contributed by atoms with van der Waals surface area (Å²) in [7, 11) is 4.05. The number of H-pyrrole nitrogens is 2. The Morgan fingerprint density at radius 2 is 1.89 bits per heavy atom. The van der Waals surface area contributed by atoms with Gasteiger partial charge < -0.3 is 14.6 Å². The Bertz CT molecular complexity index is 1700. The summed E-state index contributed by atoms with van der Waals surface area (Å²) in [4.78, 5) is 19.5. The lowest BCUT2D eigenvalue weighted by Crippen LogP contribution is -2.19. The SMILES string of the molecule is Cc1ccc(-c2ccccn2)c2[nH]c(-c3n[nH]c4ccc(-c5cncc(OCCN(C)C)c5)cc34)nc12. The second-order valence-corrected chi connectivity index (χ2v) is 9.35. The van der Waals surface area contributed by atoms with Crippen molar-refractivity contribution in [3.63, 3.8) is 0 Å². The molecule has 4 heterocycles. The van der Waals surface area contributed by atoms with Crippen LogP contribution in [-0.4, -0.2) is 62.3 Å². The van der Waals surface area contributed by atoms with Crippen LogP contribution in [-0.2, 0) is 0 Å². The van der Waals surface area contributed by atoms with E-state index in [4.69, 9.17) is 9.72 Å². The van der Waals surface area contributed by atoms with Gasteiger partial charge in [-0.2, -0.15) is 5.10 Å². The Hall–Kier alpha value is -4.56. The number of aromatic nitrogens is 6. The smallest absolute Gasteiger partial charge is 0.159 e. The molecule has 0 aliphatic carbocycles. The van der Waals surface area contributed by atoms with Gasteiger partial charge in [0, 0.05) is 35.5 Å². The summed E-state index contributed by atoms with van der Waals surface area (Å²) in [6.07, 6.45) is 5.40. The van der Waals surface area contributed by atoms with Crippen LogP contribution in [0.2, 0.25) is 0 Å². The Kier molecular flexibility index (Phi) is 5.86. The van der Waals surface area contributed by atoms with Gasteiger partial charge in [0.2, 0.25) is 0 Å². The summed E-state index contributed by atoms with van der Waals surface area (Å²) >= 11 is 0. The van der Waals surface area contributed by atoms with E-state index in [1.54, 1.807) is 12.4 Å². The summed E-state index contributed by atoms with van der Waals surface area (Å²) in [5.74, 6) is 1.46. The molecule has 2 aromatic carbocycles. The zero-order valence-corrected chi connectivity index (χ0v) is 21.0. The molecule has 2 N–H and O–H groups in total. The highest BCUT2D eigenvalue weighted by Gasteiger charge is 2.17. The normalized spacial score (nSPS) is 11.6. The molecule has 0 saturated heterocycles. The van der Waals surface area contributed by atoms with Crippen LogP contribution in [0.15, 0.2) is 73.2 Å². The van der Waals surface area contributed by atoms with Crippen molar-refractivity contribution in [2.24, 2.45) is 0 Å². The number of benzene rings is 2. The van der Waals surface area contributed by atoms with Gasteiger partial charge in [-0.15, -0.1) is 0 Å². The van der Waals surface area contributed by atoms with Gasteiger partial charge in [-0.05, 0) is 62.5 Å². The number of aromatic amines is 2. The monoisotopic (exact) mass is 489 g/mol. The summed E-state index contributed by atoms with van der Waals surface area (Å²) in [5, 5.41) is 8.76. The van der Waals surface area contributed by atoms with Crippen LogP contribution < -0.4 is 4.74 Å². The van der Waals surface area contributed by atoms with E-state index >= 15 is 0 Å². The number of hydrogen-bond donors (Lipinski definition) is 2. The van der Waals surface area contributed by atoms with Gasteiger partial charge in [-0.3, -0.25) is 15.1 Å². The van der Waals surface area contributed by atoms with Crippen LogP contribution in [0.5, 0.6) is 5.75 Å². The topological polar surface area (TPSA) is 95.6 Å². The zero-order valence-electron chi connectivity index (χ0n) is 21.0. The largest absolute Gasteiger partial charge is 0.491 e. The number of nitrogens with zero attached hydrogens (tertiary/aromatic N) is 5. The third kappa shape index (κ3) is 4.43. The number of nitrogens with one attached hydrogen (secondary N) is 2. The lowest BCUT2D eigenvalue weighted by Gasteiger charge is -2.11. The van der Waals surface area contributed by atoms with Crippen LogP contribution in [0.1, 0.15) is 5.56 Å². The molecule has 0 aliphatic heterocycles. The van der Waals surface area contributed by atoms with Gasteiger partial charge >= 0.3 is 0 Å². The molecule has 6 rings (SSSR count). The standard InChI is InChI=1S/C29H27N7O/c1-18-7-9-22(24-6-4-5-11-31-24)27-26(18)32-29(33-27)28-23-15-19(8-10-25(23)34-35-28)20-14-21(17-30-16-20)37-13-12-36(2)3/h4-11,14-17H,12-13H2,1-3H3,(H,32,33)(H,34,35). The molecule has 4 aromatic heterocycles. The van der Waals surface area contributed by atoms with E-state index in [-0.39, 0.29) is 0 Å². The molecule has 0 atom stereocenters. The Morgan fingerprint density at radius 3 is 2.73 bits per heavy atom. The lowest BCUT2D eigenvalue weighted by atomic mass is 10.0. The minimum atomic E-state index is 0.606. The molecule has 0 radical (unpaired) electrons. The molecular weight excluding hydrogens is 462 g/mol. The number of hydrogen-bond acceptors (Lipinski definition) is 6. The van der Waals surface area contributed by atoms with E-state index in [0.717, 1.165) is 67.9 Å². The van der Waals surface area contributed by atoms with Crippen LogP contribution >= 0.6 is 0 Å². The highest BCUT2D eigenvalue weighted by Crippen LogP contribution is 2.34. The van der Waals surface area contributed by atoms with Gasteiger partial charge in [0.25, 0.3) is 0 Å². The van der Waals surface area contributed by atoms with E-state index in [0.29, 0.717) is 12.4 Å². The van der Waals surface area contributed by atoms with Gasteiger partial charge in [0.1, 0.15) is 18.1 Å². The van der Waals surface area contributed by atoms with Crippen LogP contribution in [0.4, 0.5) is 0 Å². The van der Waals surface area contributed by atoms with Crippen molar-refractivity contribution in [1.82, 2.24) is 35.0 Å². The van der Waals surface area contributed by atoms with Gasteiger partial charge in [-0.25, -0.2) is 4.98 Å². The molecule has 0 unspecified atom stereocenters. The summed E-state index contributed by atoms with van der Waals surface area (Å²) in [6, 6.07) is 18.3. The van der Waals surface area contributed by atoms with E-state index in [2.05, 4.69) is 61.2 Å². The number of imidazole rings is 1. The number of ether oxygens (including phenoxy) is 1. The number of likely N-dealkylation sites (N-methyl/N-ethyl adjacent to an activating group) is 1. The second kappa shape index (κ2) is 9.48. The number of aryl methyl sites for hydroxylation is 1. The first-order valence-electron chi connectivity index (χ1n) is 12.2. The highest BCUT2D eigenvalue weighted by molar-refractivity contribution is 5.98. The van der Waals surface area contributed by atoms with Crippen molar-refractivity contribution in [2.45, 2.75) is 6.92 Å². The maximum Gasteiger partial charge on any atom is 0.159 e. The predicted molar refractivity (Wildman–Crippen MR) is 146 cm³/mol. The lowest BCUT2D eigenvalue weighted by molar-refractivity contribution is 0.261. The molecule has 0 spiro atoms. The minimum Gasteiger partial charge on any atom is -0.491 e. The zero-order chi connectivity index (χ0) is 25.4. The van der Waals surface area contributed by atoms with Crippen molar-refractivity contribution in [3.05, 3.63) is 78.8 Å². The molecule has 8 heteroatoms. The van der Waals surface area contributed by atoms with E-state index < -0.39 is 0 Å². The first-order chi connectivity index (χ1) is 18.1. The van der Waals surface area contributed by atoms with Crippen LogP contribution in [0, 0.1) is 6.92 Å². The molecule has 0 amide bonds. The third-order valence-corrected chi connectivity index (χ3v) is 6.43. The van der Waals surface area contributed by atoms with E-state index in [9.17, 15) is 0 Å². The minimum absolute atomic E-state index is 0.606. The average Bonchev–Trinajstić information content (AvgIpc) is 3.54. The second-order valence-electron chi connectivity index (χ2n) is 9.35. The van der Waals surface area contributed by atoms with Crippen molar-refractivity contribution < 1.29 is 4.74 Å². The summed E-state index contributed by atoms with van der Waals surface area (Å²) in [5.41, 5.74) is 8.59. The molecule has 37 heavy (non-hydrogen) atoms. The number of rotatable bonds is 7. The number of fused-ring (bicyclic) bond motifs is 2. The fourth-order valence-electron chi connectivity index (χ4n) is 4.45. The van der Waals surface area contributed by atoms with Gasteiger partial charge in [0.15, 0.2) is 5.82 Å². The maximum absolute atomic E-state index is 5.89. The quantitative estimate of drug-likeness (QED) is 0.308. The first-order valence-corrected chi connectivity index (χ1v) is 12.2. The fourth-order valence-corrected chi connectivity index (χ4v) is 4.45. The molecule has 8 nitrogen and oxygen atoms in total. The molecule has 0 aliphatic rings. The maximum atomic E-state index is 5.89. The van der Waals surface area contributed by atoms with Gasteiger partial charge in [0.05, 0.1) is 28.4 Å². The van der Waals surface area contributed by atoms with E-state index in [1.807, 2.05) is 50.6 Å². The van der Waals surface area contributed by atoms with Crippen LogP contribution in [0.25, 0.3) is 55.8 Å². The summed E-state index contributed by atoms with van der Waals surface area (Å²) in [6.45, 7) is 3.51. The first kappa shape index (κ1) is 22.9. The Morgan fingerprint density at radius 1 is 0.973 bits per heavy atom. The third-order valence-electron chi connectivity index (χ3n) is 6.43. The number of pyridine rings is 2. The van der Waals surface area contributed by atoms with Crippen molar-refractivity contribution in [2.75, 3.05) is 27.2 Å². The molecule has 184 valence electrons. The Balaban J connectivity index is 1.40. The highest BCUT2D eigenvalue weighted by atomic mass is 16.5. The average molecular weight is 490 g/mol. The van der Waals surface area contributed by atoms with Crippen molar-refractivity contribution in [3.8, 4) is 39.7 Å². The molecule has 0 fully saturated rings. The summed E-state index contributed by atoms with van der Waals surface area (Å²) < 4.78 is 5.89. The van der Waals surface area contributed by atoms with Crippen molar-refractivity contribution >= 4 is 21.9 Å². The molecule has 0 saturated carbocycles. The van der Waals surface area contributed by atoms with E-state index in [1.165, 1.54) is 0 Å². The fraction of sp³-hybridized carbons (Fsp3) is 0.172. The molecule has 0 bridgehead atoms.